The first-order valence-electron chi connectivity index (χ1n) is 12.8. The maximum atomic E-state index is 3.80. The van der Waals surface area contributed by atoms with E-state index in [-0.39, 0.29) is 12.2 Å². The monoisotopic (exact) mass is 477 g/mol. The number of para-hydroxylation sites is 2. The number of hydrogen-bond acceptors (Lipinski definition) is 2. The Bertz CT molecular complexity index is 1660. The molecule has 37 heavy (non-hydrogen) atoms. The van der Waals surface area contributed by atoms with E-state index < -0.39 is 0 Å². The van der Waals surface area contributed by atoms with Crippen LogP contribution in [-0.2, 0) is 0 Å². The van der Waals surface area contributed by atoms with Crippen LogP contribution in [0.3, 0.4) is 0 Å². The number of nitrogens with one attached hydrogen (secondary N) is 2. The van der Waals surface area contributed by atoms with Gasteiger partial charge in [0.05, 0.1) is 17.1 Å². The van der Waals surface area contributed by atoms with Crippen molar-refractivity contribution in [3.63, 3.8) is 0 Å². The van der Waals surface area contributed by atoms with E-state index in [1.165, 1.54) is 38.5 Å². The molecular weight excluding hydrogens is 450 g/mol. The molecule has 2 unspecified atom stereocenters. The van der Waals surface area contributed by atoms with Crippen LogP contribution in [0.5, 0.6) is 0 Å². The second-order valence-electron chi connectivity index (χ2n) is 9.54. The second-order valence-corrected chi connectivity index (χ2v) is 9.54. The fraction of sp³-hybridized carbons (Fsp3) is 0.0588. The molecule has 2 N–H and O–H groups in total. The van der Waals surface area contributed by atoms with Gasteiger partial charge in [0.15, 0.2) is 0 Å². The van der Waals surface area contributed by atoms with Crippen LogP contribution in [0.1, 0.15) is 28.9 Å². The molecule has 0 radical (unpaired) electrons. The molecule has 178 valence electrons. The van der Waals surface area contributed by atoms with Crippen molar-refractivity contribution in [2.45, 2.75) is 12.2 Å². The Labute approximate surface area is 216 Å². The molecule has 1 aliphatic rings. The van der Waals surface area contributed by atoms with Crippen molar-refractivity contribution >= 4 is 27.5 Å². The van der Waals surface area contributed by atoms with E-state index in [4.69, 9.17) is 0 Å². The summed E-state index contributed by atoms with van der Waals surface area (Å²) in [5.41, 5.74) is 8.40. The van der Waals surface area contributed by atoms with E-state index in [0.717, 1.165) is 11.4 Å². The van der Waals surface area contributed by atoms with Gasteiger partial charge in [-0.2, -0.15) is 0 Å². The van der Waals surface area contributed by atoms with Gasteiger partial charge in [-0.1, -0.05) is 109 Å². The van der Waals surface area contributed by atoms with Crippen LogP contribution in [0.2, 0.25) is 0 Å². The second kappa shape index (κ2) is 9.12. The first-order valence-corrected chi connectivity index (χ1v) is 12.8. The Hall–Kier alpha value is -4.60. The molecule has 2 atom stereocenters. The van der Waals surface area contributed by atoms with Crippen molar-refractivity contribution in [3.8, 4) is 5.69 Å². The van der Waals surface area contributed by atoms with Gasteiger partial charge in [-0.05, 0) is 47.0 Å². The van der Waals surface area contributed by atoms with Crippen LogP contribution in [0.15, 0.2) is 140 Å². The molecule has 0 saturated heterocycles. The fourth-order valence-corrected chi connectivity index (χ4v) is 5.49. The number of rotatable bonds is 4. The summed E-state index contributed by atoms with van der Waals surface area (Å²) in [4.78, 5) is 0. The third kappa shape index (κ3) is 3.90. The molecule has 0 aliphatic carbocycles. The van der Waals surface area contributed by atoms with Crippen LogP contribution >= 0.6 is 0 Å². The minimum Gasteiger partial charge on any atom is -0.366 e. The Kier molecular flexibility index (Phi) is 5.34. The van der Waals surface area contributed by atoms with Crippen LogP contribution < -0.4 is 10.6 Å². The van der Waals surface area contributed by atoms with Gasteiger partial charge in [-0.25, -0.2) is 0 Å². The van der Waals surface area contributed by atoms with Crippen molar-refractivity contribution in [1.29, 1.82) is 0 Å². The minimum atomic E-state index is -0.0161. The molecular formula is C34H27N3. The Morgan fingerprint density at radius 3 is 1.73 bits per heavy atom. The molecule has 0 spiro atoms. The van der Waals surface area contributed by atoms with Crippen molar-refractivity contribution in [2.24, 2.45) is 0 Å². The van der Waals surface area contributed by atoms with E-state index in [1.54, 1.807) is 0 Å². The van der Waals surface area contributed by atoms with E-state index in [2.05, 4.69) is 155 Å². The number of benzene rings is 5. The summed E-state index contributed by atoms with van der Waals surface area (Å²) in [6, 6.07) is 47.5. The topological polar surface area (TPSA) is 29.0 Å². The average Bonchev–Trinajstić information content (AvgIpc) is 3.32. The zero-order valence-electron chi connectivity index (χ0n) is 20.4. The SMILES string of the molecule is C1=C(c2ccccc2)NC(c2ccc(-n3c4ccccc4c4ccccc43)cc2)NC1c1ccccc1. The molecule has 3 nitrogen and oxygen atoms in total. The van der Waals surface area contributed by atoms with Gasteiger partial charge in [0.25, 0.3) is 0 Å². The van der Waals surface area contributed by atoms with Crippen molar-refractivity contribution < 1.29 is 0 Å². The van der Waals surface area contributed by atoms with E-state index in [1.807, 2.05) is 0 Å². The molecule has 2 heterocycles. The molecule has 3 heteroatoms. The highest BCUT2D eigenvalue weighted by molar-refractivity contribution is 6.09. The van der Waals surface area contributed by atoms with Gasteiger partial charge in [-0.15, -0.1) is 0 Å². The van der Waals surface area contributed by atoms with Crippen LogP contribution in [0.4, 0.5) is 0 Å². The predicted molar refractivity (Wildman–Crippen MR) is 153 cm³/mol. The Balaban J connectivity index is 1.27. The van der Waals surface area contributed by atoms with Gasteiger partial charge < -0.3 is 9.88 Å². The Morgan fingerprint density at radius 2 is 1.08 bits per heavy atom. The summed E-state index contributed by atoms with van der Waals surface area (Å²) in [5.74, 6) is 0. The highest BCUT2D eigenvalue weighted by atomic mass is 15.2. The number of fused-ring (bicyclic) bond motifs is 3. The van der Waals surface area contributed by atoms with Gasteiger partial charge in [0, 0.05) is 22.2 Å². The third-order valence-corrected chi connectivity index (χ3v) is 7.29. The van der Waals surface area contributed by atoms with E-state index in [9.17, 15) is 0 Å². The van der Waals surface area contributed by atoms with Crippen LogP contribution in [0, 0.1) is 0 Å². The quantitative estimate of drug-likeness (QED) is 0.272. The standard InChI is InChI=1S/C34H27N3/c1-3-11-24(12-4-1)30-23-31(25-13-5-2-6-14-25)36-34(35-30)26-19-21-27(22-20-26)37-32-17-9-7-15-28(32)29-16-8-10-18-33(29)37/h1-23,30,34-36H. The average molecular weight is 478 g/mol. The Morgan fingerprint density at radius 1 is 0.514 bits per heavy atom. The lowest BCUT2D eigenvalue weighted by Gasteiger charge is -2.33. The number of nitrogens with zero attached hydrogens (tertiary/aromatic N) is 1. The summed E-state index contributed by atoms with van der Waals surface area (Å²) in [6.45, 7) is 0. The molecule has 7 rings (SSSR count). The maximum absolute atomic E-state index is 3.80. The zero-order chi connectivity index (χ0) is 24.6. The minimum absolute atomic E-state index is 0.0161. The van der Waals surface area contributed by atoms with Gasteiger partial charge in [0.2, 0.25) is 0 Å². The summed E-state index contributed by atoms with van der Waals surface area (Å²) in [5, 5.41) is 10.1. The summed E-state index contributed by atoms with van der Waals surface area (Å²) in [7, 11) is 0. The maximum Gasteiger partial charge on any atom is 0.104 e. The lowest BCUT2D eigenvalue weighted by Crippen LogP contribution is -2.39. The van der Waals surface area contributed by atoms with Crippen molar-refractivity contribution in [3.05, 3.63) is 156 Å². The highest BCUT2D eigenvalue weighted by Gasteiger charge is 2.24. The smallest absolute Gasteiger partial charge is 0.104 e. The number of aromatic nitrogens is 1. The van der Waals surface area contributed by atoms with E-state index >= 15 is 0 Å². The molecule has 0 saturated carbocycles. The highest BCUT2D eigenvalue weighted by Crippen LogP contribution is 2.33. The molecule has 5 aromatic carbocycles. The zero-order valence-corrected chi connectivity index (χ0v) is 20.4. The first kappa shape index (κ1) is 21.7. The van der Waals surface area contributed by atoms with Crippen LogP contribution in [-0.4, -0.2) is 4.57 Å². The van der Waals surface area contributed by atoms with Gasteiger partial charge in [-0.3, -0.25) is 5.32 Å². The fourth-order valence-electron chi connectivity index (χ4n) is 5.49. The van der Waals surface area contributed by atoms with Crippen molar-refractivity contribution in [2.75, 3.05) is 0 Å². The molecule has 0 fully saturated rings. The summed E-state index contributed by atoms with van der Waals surface area (Å²) >= 11 is 0. The lowest BCUT2D eigenvalue weighted by atomic mass is 9.98. The number of hydrogen-bond donors (Lipinski definition) is 2. The third-order valence-electron chi connectivity index (χ3n) is 7.29. The molecule has 1 aliphatic heterocycles. The van der Waals surface area contributed by atoms with Gasteiger partial charge in [0.1, 0.15) is 6.17 Å². The normalized spacial score (nSPS) is 17.5. The van der Waals surface area contributed by atoms with Gasteiger partial charge >= 0.3 is 0 Å². The first-order chi connectivity index (χ1) is 18.3. The summed E-state index contributed by atoms with van der Waals surface area (Å²) < 4.78 is 2.36. The summed E-state index contributed by atoms with van der Waals surface area (Å²) in [6.07, 6.45) is 2.27. The van der Waals surface area contributed by atoms with Crippen molar-refractivity contribution in [1.82, 2.24) is 15.2 Å². The lowest BCUT2D eigenvalue weighted by molar-refractivity contribution is 0.442. The van der Waals surface area contributed by atoms with E-state index in [0.29, 0.717) is 0 Å². The predicted octanol–water partition coefficient (Wildman–Crippen LogP) is 7.76. The molecule has 1 aromatic heterocycles. The molecule has 6 aromatic rings. The van der Waals surface area contributed by atoms with Crippen LogP contribution in [0.25, 0.3) is 33.2 Å². The molecule has 0 bridgehead atoms. The largest absolute Gasteiger partial charge is 0.366 e. The molecule has 0 amide bonds.